The summed E-state index contributed by atoms with van der Waals surface area (Å²) in [6.45, 7) is 0.865. The maximum atomic E-state index is 12.8. The minimum atomic E-state index is -4.45. The van der Waals surface area contributed by atoms with E-state index in [1.54, 1.807) is 6.07 Å². The zero-order valence-electron chi connectivity index (χ0n) is 12.1. The van der Waals surface area contributed by atoms with E-state index in [-0.39, 0.29) is 18.5 Å². The molecule has 0 aliphatic carbocycles. The van der Waals surface area contributed by atoms with Gasteiger partial charge in [-0.05, 0) is 40.8 Å². The van der Waals surface area contributed by atoms with Gasteiger partial charge in [0.2, 0.25) is 0 Å². The highest BCUT2D eigenvalue weighted by atomic mass is 35.5. The number of nitrogens with zero attached hydrogens (tertiary/aromatic N) is 1. The largest absolute Gasteiger partial charge is 0.433 e. The Bertz CT molecular complexity index is 691. The second-order valence-corrected chi connectivity index (χ2v) is 5.15. The summed E-state index contributed by atoms with van der Waals surface area (Å²) in [6.07, 6.45) is -2.80. The molecule has 3 rings (SSSR count). The van der Waals surface area contributed by atoms with Crippen molar-refractivity contribution >= 4 is 12.4 Å². The van der Waals surface area contributed by atoms with Crippen molar-refractivity contribution in [3.63, 3.8) is 0 Å². The molecule has 1 aliphatic rings. The first-order valence-corrected chi connectivity index (χ1v) is 6.98. The molecule has 2 aromatic rings. The van der Waals surface area contributed by atoms with Gasteiger partial charge < -0.3 is 10.5 Å². The average Bonchev–Trinajstić information content (AvgIpc) is 2.53. The molecule has 3 nitrogen and oxygen atoms in total. The summed E-state index contributed by atoms with van der Waals surface area (Å²) >= 11 is 0. The Morgan fingerprint density at radius 2 is 2.04 bits per heavy atom. The van der Waals surface area contributed by atoms with Gasteiger partial charge in [0.15, 0.2) is 0 Å². The van der Waals surface area contributed by atoms with Gasteiger partial charge in [-0.2, -0.15) is 13.2 Å². The molecule has 124 valence electrons. The predicted octanol–water partition coefficient (Wildman–Crippen LogP) is 3.76. The molecule has 0 unspecified atom stereocenters. The second kappa shape index (κ2) is 6.86. The lowest BCUT2D eigenvalue weighted by molar-refractivity contribution is -0.141. The Kier molecular flexibility index (Phi) is 5.29. The summed E-state index contributed by atoms with van der Waals surface area (Å²) < 4.78 is 44.1. The van der Waals surface area contributed by atoms with E-state index in [2.05, 4.69) is 4.98 Å². The van der Waals surface area contributed by atoms with E-state index in [9.17, 15) is 13.2 Å². The van der Waals surface area contributed by atoms with Crippen LogP contribution in [0.25, 0.3) is 11.1 Å². The van der Waals surface area contributed by atoms with E-state index in [0.717, 1.165) is 22.8 Å². The van der Waals surface area contributed by atoms with Gasteiger partial charge in [-0.25, -0.2) is 0 Å². The number of nitrogens with two attached hydrogens (primary N) is 1. The lowest BCUT2D eigenvalue weighted by atomic mass is 9.89. The molecule has 0 amide bonds. The summed E-state index contributed by atoms with van der Waals surface area (Å²) in [5.74, 6) is 0. The number of rotatable bonds is 2. The van der Waals surface area contributed by atoms with Crippen LogP contribution in [-0.2, 0) is 17.3 Å². The van der Waals surface area contributed by atoms with Crippen LogP contribution in [0.3, 0.4) is 0 Å². The van der Waals surface area contributed by atoms with Gasteiger partial charge in [-0.1, -0.05) is 18.2 Å². The number of ether oxygens (including phenoxy) is 1. The number of benzene rings is 1. The third kappa shape index (κ3) is 3.49. The van der Waals surface area contributed by atoms with Crippen molar-refractivity contribution in [2.24, 2.45) is 5.73 Å². The second-order valence-electron chi connectivity index (χ2n) is 5.15. The Balaban J connectivity index is 0.00000192. The molecule has 0 fully saturated rings. The monoisotopic (exact) mass is 344 g/mol. The van der Waals surface area contributed by atoms with Crippen molar-refractivity contribution in [2.45, 2.75) is 18.7 Å². The van der Waals surface area contributed by atoms with Gasteiger partial charge in [0, 0.05) is 12.7 Å². The van der Waals surface area contributed by atoms with E-state index in [1.807, 2.05) is 18.2 Å². The maximum Gasteiger partial charge on any atom is 0.433 e. The normalized spacial score (nSPS) is 17.3. The van der Waals surface area contributed by atoms with Crippen LogP contribution in [0.1, 0.15) is 22.9 Å². The van der Waals surface area contributed by atoms with E-state index < -0.39 is 11.9 Å². The summed E-state index contributed by atoms with van der Waals surface area (Å²) in [4.78, 5) is 3.41. The van der Waals surface area contributed by atoms with Crippen molar-refractivity contribution in [3.05, 3.63) is 53.3 Å². The van der Waals surface area contributed by atoms with Gasteiger partial charge in [0.1, 0.15) is 5.69 Å². The molecular formula is C16H16ClF3N2O. The van der Waals surface area contributed by atoms with Crippen LogP contribution in [-0.4, -0.2) is 18.1 Å². The molecule has 0 spiro atoms. The van der Waals surface area contributed by atoms with E-state index in [4.69, 9.17) is 10.5 Å². The lowest BCUT2D eigenvalue weighted by Crippen LogP contribution is -2.23. The van der Waals surface area contributed by atoms with Crippen molar-refractivity contribution in [1.82, 2.24) is 4.98 Å². The molecule has 0 radical (unpaired) electrons. The summed E-state index contributed by atoms with van der Waals surface area (Å²) in [7, 11) is 0. The van der Waals surface area contributed by atoms with Gasteiger partial charge in [0.05, 0.1) is 12.7 Å². The Morgan fingerprint density at radius 1 is 1.26 bits per heavy atom. The topological polar surface area (TPSA) is 48.1 Å². The molecule has 2 heterocycles. The molecule has 7 heteroatoms. The van der Waals surface area contributed by atoms with Gasteiger partial charge in [0.25, 0.3) is 0 Å². The van der Waals surface area contributed by atoms with Crippen LogP contribution in [0.2, 0.25) is 0 Å². The van der Waals surface area contributed by atoms with Gasteiger partial charge in [-0.3, -0.25) is 4.98 Å². The first kappa shape index (κ1) is 17.7. The van der Waals surface area contributed by atoms with Crippen LogP contribution < -0.4 is 5.73 Å². The molecule has 1 atom stereocenters. The van der Waals surface area contributed by atoms with Crippen LogP contribution in [0, 0.1) is 0 Å². The molecule has 23 heavy (non-hydrogen) atoms. The van der Waals surface area contributed by atoms with Crippen LogP contribution in [0.15, 0.2) is 36.5 Å². The highest BCUT2D eigenvalue weighted by Crippen LogP contribution is 2.36. The Hall–Kier alpha value is -1.63. The summed E-state index contributed by atoms with van der Waals surface area (Å²) in [6, 6.07) is 8.24. The number of hydrogen-bond donors (Lipinski definition) is 1. The zero-order valence-corrected chi connectivity index (χ0v) is 13.0. The first-order valence-electron chi connectivity index (χ1n) is 6.98. The molecule has 1 aromatic heterocycles. The van der Waals surface area contributed by atoms with Crippen molar-refractivity contribution in [2.75, 3.05) is 13.2 Å². The zero-order chi connectivity index (χ0) is 15.7. The Labute approximate surface area is 138 Å². The number of alkyl halides is 3. The average molecular weight is 345 g/mol. The number of hydrogen-bond acceptors (Lipinski definition) is 3. The molecule has 1 aromatic carbocycles. The molecular weight excluding hydrogens is 329 g/mol. The van der Waals surface area contributed by atoms with Crippen LogP contribution in [0.5, 0.6) is 0 Å². The van der Waals surface area contributed by atoms with Gasteiger partial charge >= 0.3 is 6.18 Å². The fraction of sp³-hybridized carbons (Fsp3) is 0.312. The molecule has 0 saturated heterocycles. The standard InChI is InChI=1S/C16H15F3N2O.ClH/c17-16(18,19)15-8-10(4-6-21-15)11-2-1-3-13-12(11)5-7-22-14(13)9-20;/h1-4,6,8,14H,5,7,9,20H2;1H/t14-;/m1./s1. The molecule has 1 aliphatic heterocycles. The lowest BCUT2D eigenvalue weighted by Gasteiger charge is -2.27. The van der Waals surface area contributed by atoms with Crippen LogP contribution in [0.4, 0.5) is 13.2 Å². The number of pyridine rings is 1. The smallest absolute Gasteiger partial charge is 0.372 e. The third-order valence-corrected chi connectivity index (χ3v) is 3.81. The number of halogens is 4. The van der Waals surface area contributed by atoms with Crippen LogP contribution >= 0.6 is 12.4 Å². The van der Waals surface area contributed by atoms with Crippen molar-refractivity contribution < 1.29 is 17.9 Å². The first-order chi connectivity index (χ1) is 10.5. The minimum absolute atomic E-state index is 0. The number of fused-ring (bicyclic) bond motifs is 1. The third-order valence-electron chi connectivity index (χ3n) is 3.81. The fourth-order valence-corrected chi connectivity index (χ4v) is 2.80. The highest BCUT2D eigenvalue weighted by molar-refractivity contribution is 5.85. The highest BCUT2D eigenvalue weighted by Gasteiger charge is 2.33. The van der Waals surface area contributed by atoms with Gasteiger partial charge in [-0.15, -0.1) is 12.4 Å². The quantitative estimate of drug-likeness (QED) is 0.902. The predicted molar refractivity (Wildman–Crippen MR) is 83.4 cm³/mol. The van der Waals surface area contributed by atoms with E-state index in [0.29, 0.717) is 25.1 Å². The van der Waals surface area contributed by atoms with E-state index >= 15 is 0 Å². The molecule has 0 saturated carbocycles. The van der Waals surface area contributed by atoms with E-state index in [1.165, 1.54) is 6.20 Å². The maximum absolute atomic E-state index is 12.8. The Morgan fingerprint density at radius 3 is 2.74 bits per heavy atom. The summed E-state index contributed by atoms with van der Waals surface area (Å²) in [5, 5.41) is 0. The van der Waals surface area contributed by atoms with Crippen molar-refractivity contribution in [1.29, 1.82) is 0 Å². The SMILES string of the molecule is Cl.NC[C@H]1OCCc2c(-c3ccnc(C(F)(F)F)c3)cccc21. The van der Waals surface area contributed by atoms with Crippen molar-refractivity contribution in [3.8, 4) is 11.1 Å². The fourth-order valence-electron chi connectivity index (χ4n) is 2.80. The number of aromatic nitrogens is 1. The molecule has 2 N–H and O–H groups in total. The summed E-state index contributed by atoms with van der Waals surface area (Å²) in [5.41, 5.74) is 8.07. The molecule has 0 bridgehead atoms. The minimum Gasteiger partial charge on any atom is -0.372 e.